The fourth-order valence-corrected chi connectivity index (χ4v) is 2.63. The van der Waals surface area contributed by atoms with Crippen LogP contribution < -0.4 is 0 Å². The molecule has 2 atom stereocenters. The first-order valence-corrected chi connectivity index (χ1v) is 8.62. The largest absolute Gasteiger partial charge is 0.457 e. The van der Waals surface area contributed by atoms with E-state index >= 15 is 0 Å². The highest BCUT2D eigenvalue weighted by atomic mass is 16.6. The molecule has 0 aliphatic rings. The van der Waals surface area contributed by atoms with E-state index in [-0.39, 0.29) is 18.6 Å². The third-order valence-corrected chi connectivity index (χ3v) is 3.92. The molecule has 4 heteroatoms. The predicted octanol–water partition coefficient (Wildman–Crippen LogP) is 4.77. The Bertz CT molecular complexity index is 607. The van der Waals surface area contributed by atoms with Crippen molar-refractivity contribution >= 4 is 11.9 Å². The van der Waals surface area contributed by atoms with Crippen LogP contribution in [0.5, 0.6) is 0 Å². The normalized spacial score (nSPS) is 12.9. The minimum atomic E-state index is -0.566. The maximum absolute atomic E-state index is 12.1. The van der Waals surface area contributed by atoms with Gasteiger partial charge < -0.3 is 9.47 Å². The second-order valence-electron chi connectivity index (χ2n) is 5.77. The van der Waals surface area contributed by atoms with Gasteiger partial charge in [0.2, 0.25) is 0 Å². The van der Waals surface area contributed by atoms with Gasteiger partial charge in [-0.15, -0.1) is 0 Å². The van der Waals surface area contributed by atoms with E-state index in [0.29, 0.717) is 12.8 Å². The molecule has 25 heavy (non-hydrogen) atoms. The van der Waals surface area contributed by atoms with E-state index in [1.54, 1.807) is 0 Å². The van der Waals surface area contributed by atoms with Gasteiger partial charge in [0.25, 0.3) is 0 Å². The molecule has 0 aliphatic heterocycles. The van der Waals surface area contributed by atoms with Gasteiger partial charge in [-0.3, -0.25) is 9.59 Å². The molecule has 0 aromatic heterocycles. The highest BCUT2D eigenvalue weighted by molar-refractivity contribution is 5.91. The van der Waals surface area contributed by atoms with E-state index in [9.17, 15) is 9.59 Å². The predicted molar refractivity (Wildman–Crippen MR) is 95.7 cm³/mol. The number of carbonyl (C=O) groups is 2. The number of hydrogen-bond donors (Lipinski definition) is 0. The van der Waals surface area contributed by atoms with Crippen LogP contribution in [-0.2, 0) is 19.1 Å². The van der Waals surface area contributed by atoms with Gasteiger partial charge in [0.15, 0.2) is 0 Å². The Balaban J connectivity index is 1.90. The first kappa shape index (κ1) is 18.7. The van der Waals surface area contributed by atoms with Crippen molar-refractivity contribution in [2.24, 2.45) is 0 Å². The van der Waals surface area contributed by atoms with Crippen LogP contribution in [0.25, 0.3) is 0 Å². The van der Waals surface area contributed by atoms with E-state index in [4.69, 9.17) is 9.47 Å². The van der Waals surface area contributed by atoms with Crippen molar-refractivity contribution in [1.82, 2.24) is 0 Å². The summed E-state index contributed by atoms with van der Waals surface area (Å²) in [4.78, 5) is 24.2. The number of benzene rings is 2. The standard InChI is InChI=1S/C21H24O4/c1-3-18(16-11-7-5-8-12-16)24-20(22)15-21(23)25-19(4-2)17-13-9-6-10-14-17/h5-14,18-19H,3-4,15H2,1-2H3. The van der Waals surface area contributed by atoms with Gasteiger partial charge in [-0.2, -0.15) is 0 Å². The molecule has 0 N–H and O–H groups in total. The van der Waals surface area contributed by atoms with Crippen molar-refractivity contribution in [3.63, 3.8) is 0 Å². The minimum Gasteiger partial charge on any atom is -0.457 e. The van der Waals surface area contributed by atoms with Crippen LogP contribution >= 0.6 is 0 Å². The molecule has 2 aromatic rings. The number of ether oxygens (including phenoxy) is 2. The molecule has 132 valence electrons. The Kier molecular flexibility index (Phi) is 7.20. The molecule has 0 amide bonds. The molecule has 0 bridgehead atoms. The topological polar surface area (TPSA) is 52.6 Å². The number of rotatable bonds is 8. The third kappa shape index (κ3) is 5.75. The Morgan fingerprint density at radius 3 is 1.40 bits per heavy atom. The van der Waals surface area contributed by atoms with Gasteiger partial charge in [0, 0.05) is 0 Å². The lowest BCUT2D eigenvalue weighted by molar-refractivity contribution is -0.161. The molecule has 0 saturated carbocycles. The second kappa shape index (κ2) is 9.62. The fraction of sp³-hybridized carbons (Fsp3) is 0.333. The monoisotopic (exact) mass is 340 g/mol. The van der Waals surface area contributed by atoms with Gasteiger partial charge in [0.1, 0.15) is 18.6 Å². The van der Waals surface area contributed by atoms with Crippen molar-refractivity contribution in [3.05, 3.63) is 71.8 Å². The minimum absolute atomic E-state index is 0.349. The van der Waals surface area contributed by atoms with Crippen molar-refractivity contribution in [2.75, 3.05) is 0 Å². The maximum Gasteiger partial charge on any atom is 0.317 e. The Hall–Kier alpha value is -2.62. The zero-order valence-corrected chi connectivity index (χ0v) is 14.7. The lowest BCUT2D eigenvalue weighted by atomic mass is 10.1. The molecule has 2 rings (SSSR count). The van der Waals surface area contributed by atoms with Crippen LogP contribution in [0.15, 0.2) is 60.7 Å². The highest BCUT2D eigenvalue weighted by Crippen LogP contribution is 2.23. The number of carbonyl (C=O) groups excluding carboxylic acids is 2. The average Bonchev–Trinajstić information content (AvgIpc) is 2.65. The third-order valence-electron chi connectivity index (χ3n) is 3.92. The molecular weight excluding hydrogens is 316 g/mol. The quantitative estimate of drug-likeness (QED) is 0.513. The molecule has 4 nitrogen and oxygen atoms in total. The van der Waals surface area contributed by atoms with Gasteiger partial charge in [-0.05, 0) is 24.0 Å². The molecule has 2 aromatic carbocycles. The van der Waals surface area contributed by atoms with Gasteiger partial charge >= 0.3 is 11.9 Å². The summed E-state index contributed by atoms with van der Waals surface area (Å²) < 4.78 is 10.9. The van der Waals surface area contributed by atoms with E-state index < -0.39 is 11.9 Å². The van der Waals surface area contributed by atoms with E-state index in [2.05, 4.69) is 0 Å². The van der Waals surface area contributed by atoms with Crippen molar-refractivity contribution in [2.45, 2.75) is 45.3 Å². The van der Waals surface area contributed by atoms with E-state index in [1.807, 2.05) is 74.5 Å². The molecule has 2 unspecified atom stereocenters. The summed E-state index contributed by atoms with van der Waals surface area (Å²) in [6, 6.07) is 19.0. The van der Waals surface area contributed by atoms with Crippen molar-refractivity contribution < 1.29 is 19.1 Å². The summed E-state index contributed by atoms with van der Waals surface area (Å²) in [6.45, 7) is 3.87. The smallest absolute Gasteiger partial charge is 0.317 e. The molecule has 0 radical (unpaired) electrons. The summed E-state index contributed by atoms with van der Waals surface area (Å²) >= 11 is 0. The lowest BCUT2D eigenvalue weighted by Gasteiger charge is -2.18. The van der Waals surface area contributed by atoms with Gasteiger partial charge in [-0.25, -0.2) is 0 Å². The van der Waals surface area contributed by atoms with Crippen molar-refractivity contribution in [1.29, 1.82) is 0 Å². The van der Waals surface area contributed by atoms with Crippen LogP contribution in [-0.4, -0.2) is 11.9 Å². The molecule has 0 heterocycles. The van der Waals surface area contributed by atoms with Crippen molar-refractivity contribution in [3.8, 4) is 0 Å². The first-order chi connectivity index (χ1) is 12.1. The Labute approximate surface area is 148 Å². The number of hydrogen-bond acceptors (Lipinski definition) is 4. The number of esters is 2. The Morgan fingerprint density at radius 1 is 0.720 bits per heavy atom. The maximum atomic E-state index is 12.1. The van der Waals surface area contributed by atoms with E-state index in [0.717, 1.165) is 11.1 Å². The summed E-state index contributed by atoms with van der Waals surface area (Å²) in [6.07, 6.45) is 0.209. The molecule has 0 aliphatic carbocycles. The van der Waals surface area contributed by atoms with Crippen LogP contribution in [0.3, 0.4) is 0 Å². The molecular formula is C21H24O4. The first-order valence-electron chi connectivity index (χ1n) is 8.62. The van der Waals surface area contributed by atoms with Gasteiger partial charge in [0.05, 0.1) is 0 Å². The average molecular weight is 340 g/mol. The van der Waals surface area contributed by atoms with Crippen LogP contribution in [0.2, 0.25) is 0 Å². The lowest BCUT2D eigenvalue weighted by Crippen LogP contribution is -2.18. The van der Waals surface area contributed by atoms with Crippen LogP contribution in [0, 0.1) is 0 Å². The summed E-state index contributed by atoms with van der Waals surface area (Å²) in [5.41, 5.74) is 1.84. The summed E-state index contributed by atoms with van der Waals surface area (Å²) in [5.74, 6) is -1.13. The SMILES string of the molecule is CCC(OC(=O)CC(=O)OC(CC)c1ccccc1)c1ccccc1. The highest BCUT2D eigenvalue weighted by Gasteiger charge is 2.21. The summed E-state index contributed by atoms with van der Waals surface area (Å²) in [5, 5.41) is 0. The van der Waals surface area contributed by atoms with Crippen LogP contribution in [0.1, 0.15) is 56.4 Å². The zero-order chi connectivity index (χ0) is 18.1. The van der Waals surface area contributed by atoms with E-state index in [1.165, 1.54) is 0 Å². The summed E-state index contributed by atoms with van der Waals surface area (Å²) in [7, 11) is 0. The molecule has 0 saturated heterocycles. The fourth-order valence-electron chi connectivity index (χ4n) is 2.63. The zero-order valence-electron chi connectivity index (χ0n) is 14.7. The van der Waals surface area contributed by atoms with Crippen LogP contribution in [0.4, 0.5) is 0 Å². The van der Waals surface area contributed by atoms with Gasteiger partial charge in [-0.1, -0.05) is 74.5 Å². The molecule has 0 fully saturated rings. The molecule has 0 spiro atoms. The Morgan fingerprint density at radius 2 is 1.08 bits per heavy atom. The second-order valence-corrected chi connectivity index (χ2v) is 5.77.